The van der Waals surface area contributed by atoms with E-state index in [1.807, 2.05) is 18.2 Å². The van der Waals surface area contributed by atoms with Crippen LogP contribution in [0.25, 0.3) is 0 Å². The predicted molar refractivity (Wildman–Crippen MR) is 130 cm³/mol. The van der Waals surface area contributed by atoms with E-state index in [-0.39, 0.29) is 12.4 Å². The molecule has 3 atom stereocenters. The molecule has 0 aliphatic carbocycles. The zero-order valence-corrected chi connectivity index (χ0v) is 23.3. The molecule has 3 unspecified atom stereocenters. The molecule has 0 aliphatic rings. The van der Waals surface area contributed by atoms with Crippen LogP contribution in [0.15, 0.2) is 91.0 Å². The summed E-state index contributed by atoms with van der Waals surface area (Å²) in [5.74, 6) is -0.124. The maximum atomic E-state index is 13.0. The van der Waals surface area contributed by atoms with Crippen LogP contribution in [0, 0.1) is 0 Å². The Balaban J connectivity index is 0.00000432. The average Bonchev–Trinajstić information content (AvgIpc) is 2.85. The summed E-state index contributed by atoms with van der Waals surface area (Å²) in [5.41, 5.74) is 0. The van der Waals surface area contributed by atoms with E-state index in [1.54, 1.807) is 93.6 Å². The second kappa shape index (κ2) is 13.9. The zero-order valence-electron chi connectivity index (χ0n) is 19.7. The zero-order chi connectivity index (χ0) is 24.5. The molecule has 3 rings (SSSR count). The van der Waals surface area contributed by atoms with E-state index in [4.69, 9.17) is 14.2 Å². The first-order valence-electron chi connectivity index (χ1n) is 11.0. The molecule has 0 N–H and O–H groups in total. The van der Waals surface area contributed by atoms with Crippen molar-refractivity contribution in [3.8, 4) is 17.2 Å². The van der Waals surface area contributed by atoms with Crippen LogP contribution in [0.2, 0.25) is 11.8 Å². The summed E-state index contributed by atoms with van der Waals surface area (Å²) in [6.45, 7) is 5.20. The van der Waals surface area contributed by atoms with Gasteiger partial charge in [0.1, 0.15) is 0 Å². The van der Waals surface area contributed by atoms with Gasteiger partial charge in [0.15, 0.2) is 0 Å². The van der Waals surface area contributed by atoms with Crippen molar-refractivity contribution in [2.24, 2.45) is 0 Å². The van der Waals surface area contributed by atoms with Crippen LogP contribution < -0.4 is 26.6 Å². The second-order valence-electron chi connectivity index (χ2n) is 7.87. The molecule has 0 aliphatic heterocycles. The van der Waals surface area contributed by atoms with Crippen LogP contribution in [0.5, 0.6) is 17.2 Å². The third-order valence-corrected chi connectivity index (χ3v) is 16.0. The number of hydrogen-bond donors (Lipinski definition) is 0. The van der Waals surface area contributed by atoms with Gasteiger partial charge >= 0.3 is 207 Å². The molecule has 8 heteroatoms. The molecule has 3 aromatic carbocycles. The molecule has 0 fully saturated rings. The molecular formula is C27H27ClO6Sn. The third-order valence-electron chi connectivity index (χ3n) is 5.45. The van der Waals surface area contributed by atoms with E-state index in [0.29, 0.717) is 17.2 Å². The van der Waals surface area contributed by atoms with Crippen molar-refractivity contribution in [3.05, 3.63) is 91.0 Å². The van der Waals surface area contributed by atoms with Crippen molar-refractivity contribution in [3.63, 3.8) is 0 Å². The number of rotatable bonds is 9. The molecule has 0 spiro atoms. The van der Waals surface area contributed by atoms with Gasteiger partial charge in [-0.05, 0) is 0 Å². The van der Waals surface area contributed by atoms with E-state index in [1.165, 1.54) is 0 Å². The summed E-state index contributed by atoms with van der Waals surface area (Å²) < 4.78 is 14.9. The van der Waals surface area contributed by atoms with Crippen molar-refractivity contribution >= 4 is 37.7 Å². The van der Waals surface area contributed by atoms with E-state index in [2.05, 4.69) is 0 Å². The van der Waals surface area contributed by atoms with Crippen LogP contribution in [-0.2, 0) is 14.4 Å². The maximum Gasteiger partial charge on any atom is -1.00 e. The number of benzene rings is 3. The first-order valence-corrected chi connectivity index (χ1v) is 16.0. The summed E-state index contributed by atoms with van der Waals surface area (Å²) in [6, 6.07) is 26.2. The summed E-state index contributed by atoms with van der Waals surface area (Å²) >= 11 is -3.29. The van der Waals surface area contributed by atoms with Gasteiger partial charge < -0.3 is 12.4 Å². The molecule has 0 radical (unpaired) electrons. The molecule has 0 amide bonds. The van der Waals surface area contributed by atoms with Gasteiger partial charge in [-0.15, -0.1) is 0 Å². The maximum absolute atomic E-state index is 13.0. The molecule has 0 aromatic heterocycles. The number of para-hydroxylation sites is 3. The van der Waals surface area contributed by atoms with Gasteiger partial charge in [-0.25, -0.2) is 0 Å². The Kier molecular flexibility index (Phi) is 11.3. The van der Waals surface area contributed by atoms with E-state index in [9.17, 15) is 14.4 Å². The molecule has 0 saturated heterocycles. The molecule has 6 nitrogen and oxygen atoms in total. The molecule has 0 heterocycles. The van der Waals surface area contributed by atoms with E-state index >= 15 is 0 Å². The molecule has 0 bridgehead atoms. The summed E-state index contributed by atoms with van der Waals surface area (Å²) in [6.07, 6.45) is 0. The Morgan fingerprint density at radius 1 is 0.514 bits per heavy atom. The van der Waals surface area contributed by atoms with Crippen molar-refractivity contribution in [1.29, 1.82) is 0 Å². The minimum atomic E-state index is -3.29. The van der Waals surface area contributed by atoms with Crippen LogP contribution in [0.4, 0.5) is 0 Å². The minimum Gasteiger partial charge on any atom is -1.00 e. The Morgan fingerprint density at radius 3 is 0.971 bits per heavy atom. The van der Waals surface area contributed by atoms with Crippen LogP contribution >= 0.6 is 0 Å². The summed E-state index contributed by atoms with van der Waals surface area (Å²) in [7, 11) is 0. The van der Waals surface area contributed by atoms with E-state index in [0.717, 1.165) is 0 Å². The molecule has 182 valence electrons. The number of esters is 3. The summed E-state index contributed by atoms with van der Waals surface area (Å²) in [4.78, 5) is 39.1. The smallest absolute Gasteiger partial charge is 1.00 e. The Labute approximate surface area is 218 Å². The fourth-order valence-electron chi connectivity index (χ4n) is 3.61. The average molecular weight is 602 g/mol. The van der Waals surface area contributed by atoms with Gasteiger partial charge in [0.05, 0.1) is 0 Å². The number of carbonyl (C=O) groups excluding carboxylic acids is 3. The van der Waals surface area contributed by atoms with Crippen molar-refractivity contribution < 1.29 is 41.0 Å². The van der Waals surface area contributed by atoms with Gasteiger partial charge in [-0.3, -0.25) is 0 Å². The molecule has 35 heavy (non-hydrogen) atoms. The third kappa shape index (κ3) is 8.11. The second-order valence-corrected chi connectivity index (χ2v) is 18.1. The minimum absolute atomic E-state index is 0. The number of hydrogen-bond acceptors (Lipinski definition) is 6. The summed E-state index contributed by atoms with van der Waals surface area (Å²) in [5, 5.41) is 0. The molecular weight excluding hydrogens is 574 g/mol. The Morgan fingerprint density at radius 2 is 0.743 bits per heavy atom. The predicted octanol–water partition coefficient (Wildman–Crippen LogP) is 2.47. The van der Waals surface area contributed by atoms with Gasteiger partial charge in [0.25, 0.3) is 0 Å². The van der Waals surface area contributed by atoms with Crippen LogP contribution in [0.3, 0.4) is 0 Å². The number of carbonyl (C=O) groups is 3. The van der Waals surface area contributed by atoms with Gasteiger partial charge in [0.2, 0.25) is 0 Å². The van der Waals surface area contributed by atoms with Crippen molar-refractivity contribution in [2.45, 2.75) is 32.6 Å². The van der Waals surface area contributed by atoms with Crippen molar-refractivity contribution in [1.82, 2.24) is 0 Å². The van der Waals surface area contributed by atoms with Gasteiger partial charge in [-0.1, -0.05) is 0 Å². The van der Waals surface area contributed by atoms with Crippen LogP contribution in [0.1, 0.15) is 20.8 Å². The normalized spacial score (nSPS) is 12.8. The Bertz CT molecular complexity index is 953. The van der Waals surface area contributed by atoms with Crippen LogP contribution in [-0.4, -0.2) is 37.7 Å². The van der Waals surface area contributed by atoms with Crippen molar-refractivity contribution in [2.75, 3.05) is 0 Å². The molecule has 0 saturated carbocycles. The standard InChI is InChI=1S/3C9H9O2.ClH.Sn/c3*1-2-9(10)11-8-6-4-3-5-7-8;;/h3*2-7H,1H3;1H;/q;;;;+1/p-1. The van der Waals surface area contributed by atoms with E-state index < -0.39 is 49.5 Å². The fraction of sp³-hybridized carbons (Fsp3) is 0.222. The quantitative estimate of drug-likeness (QED) is 0.213. The SMILES string of the molecule is C[CH](C(=O)Oc1ccccc1)[Sn+]([CH](C)C(=O)Oc1ccccc1)[CH](C)C(=O)Oc1ccccc1.[Cl-]. The largest absolute Gasteiger partial charge is 1.00 e. The van der Waals surface area contributed by atoms with Gasteiger partial charge in [0, 0.05) is 0 Å². The monoisotopic (exact) mass is 602 g/mol. The first kappa shape index (κ1) is 28.4. The van der Waals surface area contributed by atoms with Gasteiger partial charge in [-0.2, -0.15) is 0 Å². The number of halogens is 1. The topological polar surface area (TPSA) is 78.9 Å². The fourth-order valence-corrected chi connectivity index (χ4v) is 12.9. The first-order chi connectivity index (χ1) is 16.4. The molecule has 3 aromatic rings. The number of ether oxygens (including phenoxy) is 3. The Hall–Kier alpha value is -2.84.